The molecule has 0 atom stereocenters. The monoisotopic (exact) mass is 274 g/mol. The van der Waals surface area contributed by atoms with E-state index in [9.17, 15) is 9.18 Å². The van der Waals surface area contributed by atoms with E-state index in [1.807, 2.05) is 19.0 Å². The summed E-state index contributed by atoms with van der Waals surface area (Å²) in [7, 11) is 3.84. The lowest BCUT2D eigenvalue weighted by Crippen LogP contribution is -2.34. The lowest BCUT2D eigenvalue weighted by Gasteiger charge is -2.11. The van der Waals surface area contributed by atoms with E-state index >= 15 is 0 Å². The first-order chi connectivity index (χ1) is 8.49. The number of ether oxygens (including phenoxy) is 1. The summed E-state index contributed by atoms with van der Waals surface area (Å²) in [6.07, 6.45) is 0. The minimum absolute atomic E-state index is 0.140. The minimum atomic E-state index is -0.442. The van der Waals surface area contributed by atoms with Gasteiger partial charge in [-0.2, -0.15) is 0 Å². The van der Waals surface area contributed by atoms with Crippen LogP contribution in [0.3, 0.4) is 0 Å². The highest BCUT2D eigenvalue weighted by molar-refractivity contribution is 6.32. The molecule has 1 rings (SSSR count). The van der Waals surface area contributed by atoms with Gasteiger partial charge in [0.1, 0.15) is 11.6 Å². The fraction of sp³-hybridized carbons (Fsp3) is 0.417. The molecule has 100 valence electrons. The number of rotatable bonds is 6. The summed E-state index contributed by atoms with van der Waals surface area (Å²) in [5, 5.41) is 2.84. The first-order valence-electron chi connectivity index (χ1n) is 5.48. The van der Waals surface area contributed by atoms with Crippen molar-refractivity contribution in [2.24, 2.45) is 0 Å². The van der Waals surface area contributed by atoms with Gasteiger partial charge in [0.15, 0.2) is 6.61 Å². The lowest BCUT2D eigenvalue weighted by atomic mass is 10.3. The van der Waals surface area contributed by atoms with Crippen molar-refractivity contribution in [2.75, 3.05) is 33.8 Å². The number of likely N-dealkylation sites (N-methyl/N-ethyl adjacent to an activating group) is 1. The van der Waals surface area contributed by atoms with Gasteiger partial charge in [-0.1, -0.05) is 11.6 Å². The van der Waals surface area contributed by atoms with E-state index in [1.54, 1.807) is 0 Å². The summed E-state index contributed by atoms with van der Waals surface area (Å²) in [5.74, 6) is -0.388. The quantitative estimate of drug-likeness (QED) is 0.855. The van der Waals surface area contributed by atoms with Gasteiger partial charge in [-0.25, -0.2) is 4.39 Å². The van der Waals surface area contributed by atoms with Crippen LogP contribution in [0.4, 0.5) is 4.39 Å². The number of carbonyl (C=O) groups excluding carboxylic acids is 1. The third-order valence-corrected chi connectivity index (χ3v) is 2.43. The van der Waals surface area contributed by atoms with Crippen molar-refractivity contribution in [2.45, 2.75) is 0 Å². The molecular weight excluding hydrogens is 259 g/mol. The van der Waals surface area contributed by atoms with Gasteiger partial charge in [0.2, 0.25) is 0 Å². The van der Waals surface area contributed by atoms with E-state index in [4.69, 9.17) is 16.3 Å². The van der Waals surface area contributed by atoms with Crippen LogP contribution in [-0.2, 0) is 4.79 Å². The summed E-state index contributed by atoms with van der Waals surface area (Å²) >= 11 is 5.76. The maximum Gasteiger partial charge on any atom is 0.257 e. The molecule has 0 spiro atoms. The van der Waals surface area contributed by atoms with E-state index in [2.05, 4.69) is 5.32 Å². The molecular formula is C12H16ClFN2O2. The molecule has 18 heavy (non-hydrogen) atoms. The Morgan fingerprint density at radius 3 is 2.83 bits per heavy atom. The molecule has 0 aliphatic heterocycles. The van der Waals surface area contributed by atoms with Crippen molar-refractivity contribution in [3.8, 4) is 5.75 Å². The van der Waals surface area contributed by atoms with Gasteiger partial charge in [0, 0.05) is 13.1 Å². The zero-order valence-corrected chi connectivity index (χ0v) is 11.1. The zero-order chi connectivity index (χ0) is 13.5. The van der Waals surface area contributed by atoms with Crippen LogP contribution in [0.1, 0.15) is 0 Å². The highest BCUT2D eigenvalue weighted by atomic mass is 35.5. The number of nitrogens with one attached hydrogen (secondary N) is 1. The van der Waals surface area contributed by atoms with Crippen LogP contribution in [0, 0.1) is 5.82 Å². The number of hydrogen-bond acceptors (Lipinski definition) is 3. The Morgan fingerprint density at radius 1 is 1.50 bits per heavy atom. The van der Waals surface area contributed by atoms with Crippen molar-refractivity contribution in [3.05, 3.63) is 29.0 Å². The molecule has 6 heteroatoms. The Hall–Kier alpha value is -1.33. The van der Waals surface area contributed by atoms with Crippen LogP contribution in [0.2, 0.25) is 5.02 Å². The molecule has 0 saturated heterocycles. The largest absolute Gasteiger partial charge is 0.482 e. The molecule has 0 unspecified atom stereocenters. The fourth-order valence-corrected chi connectivity index (χ4v) is 1.43. The molecule has 0 fully saturated rings. The molecule has 1 aromatic carbocycles. The van der Waals surface area contributed by atoms with Gasteiger partial charge >= 0.3 is 0 Å². The normalized spacial score (nSPS) is 10.5. The van der Waals surface area contributed by atoms with Crippen LogP contribution < -0.4 is 10.1 Å². The Bertz CT molecular complexity index is 413. The number of halogens is 2. The van der Waals surface area contributed by atoms with Crippen molar-refractivity contribution in [1.82, 2.24) is 10.2 Å². The van der Waals surface area contributed by atoms with Crippen molar-refractivity contribution in [1.29, 1.82) is 0 Å². The molecule has 0 radical (unpaired) electrons. The topological polar surface area (TPSA) is 41.6 Å². The van der Waals surface area contributed by atoms with E-state index in [0.29, 0.717) is 12.3 Å². The molecule has 0 saturated carbocycles. The van der Waals surface area contributed by atoms with Crippen molar-refractivity contribution < 1.29 is 13.9 Å². The minimum Gasteiger partial charge on any atom is -0.482 e. The van der Waals surface area contributed by atoms with Crippen LogP contribution in [0.25, 0.3) is 0 Å². The van der Waals surface area contributed by atoms with Crippen LogP contribution >= 0.6 is 11.6 Å². The zero-order valence-electron chi connectivity index (χ0n) is 10.4. The summed E-state index contributed by atoms with van der Waals surface area (Å²) in [6.45, 7) is 1.16. The molecule has 1 amide bonds. The van der Waals surface area contributed by atoms with Gasteiger partial charge in [-0.15, -0.1) is 0 Å². The van der Waals surface area contributed by atoms with E-state index in [1.165, 1.54) is 12.1 Å². The first kappa shape index (κ1) is 14.7. The van der Waals surface area contributed by atoms with Gasteiger partial charge in [0.05, 0.1) is 5.02 Å². The van der Waals surface area contributed by atoms with Crippen molar-refractivity contribution in [3.63, 3.8) is 0 Å². The Morgan fingerprint density at radius 2 is 2.22 bits per heavy atom. The van der Waals surface area contributed by atoms with Gasteiger partial charge in [-0.05, 0) is 32.3 Å². The summed E-state index contributed by atoms with van der Waals surface area (Å²) in [5.41, 5.74) is 0. The molecule has 0 aliphatic carbocycles. The Kier molecular flexibility index (Phi) is 5.88. The number of nitrogens with zero attached hydrogens (tertiary/aromatic N) is 1. The maximum atomic E-state index is 12.8. The number of carbonyl (C=O) groups is 1. The molecule has 0 aromatic heterocycles. The second-order valence-electron chi connectivity index (χ2n) is 4.02. The highest BCUT2D eigenvalue weighted by Crippen LogP contribution is 2.24. The van der Waals surface area contributed by atoms with Crippen molar-refractivity contribution >= 4 is 17.5 Å². The standard InChI is InChI=1S/C12H16ClFN2O2/c1-16(2)6-5-15-12(17)8-18-11-4-3-9(14)7-10(11)13/h3-4,7H,5-6,8H2,1-2H3,(H,15,17). The summed E-state index contributed by atoms with van der Waals surface area (Å²) in [6, 6.07) is 3.76. The second-order valence-corrected chi connectivity index (χ2v) is 4.42. The number of benzene rings is 1. The number of amides is 1. The molecule has 0 aliphatic rings. The average molecular weight is 275 g/mol. The average Bonchev–Trinajstić information content (AvgIpc) is 2.27. The predicted octanol–water partition coefficient (Wildman–Crippen LogP) is 1.54. The molecule has 0 heterocycles. The molecule has 0 bridgehead atoms. The first-order valence-corrected chi connectivity index (χ1v) is 5.86. The van der Waals surface area contributed by atoms with E-state index in [-0.39, 0.29) is 17.5 Å². The number of hydrogen-bond donors (Lipinski definition) is 1. The highest BCUT2D eigenvalue weighted by Gasteiger charge is 2.06. The lowest BCUT2D eigenvalue weighted by molar-refractivity contribution is -0.123. The Balaban J connectivity index is 2.33. The molecule has 1 aromatic rings. The molecule has 1 N–H and O–H groups in total. The third kappa shape index (κ3) is 5.33. The van der Waals surface area contributed by atoms with E-state index < -0.39 is 5.82 Å². The van der Waals surface area contributed by atoms with Crippen LogP contribution in [0.5, 0.6) is 5.75 Å². The summed E-state index contributed by atoms with van der Waals surface area (Å²) < 4.78 is 18.0. The van der Waals surface area contributed by atoms with Crippen LogP contribution in [0.15, 0.2) is 18.2 Å². The third-order valence-electron chi connectivity index (χ3n) is 2.13. The van der Waals surface area contributed by atoms with Gasteiger partial charge in [-0.3, -0.25) is 4.79 Å². The predicted molar refractivity (Wildman–Crippen MR) is 68.5 cm³/mol. The fourth-order valence-electron chi connectivity index (χ4n) is 1.21. The smallest absolute Gasteiger partial charge is 0.257 e. The van der Waals surface area contributed by atoms with Gasteiger partial charge in [0.25, 0.3) is 5.91 Å². The SMILES string of the molecule is CN(C)CCNC(=O)COc1ccc(F)cc1Cl. The van der Waals surface area contributed by atoms with E-state index in [0.717, 1.165) is 12.6 Å². The second kappa shape index (κ2) is 7.18. The Labute approximate surface area is 111 Å². The maximum absolute atomic E-state index is 12.8. The van der Waals surface area contributed by atoms with Crippen LogP contribution in [-0.4, -0.2) is 44.6 Å². The molecule has 4 nitrogen and oxygen atoms in total. The summed E-state index contributed by atoms with van der Waals surface area (Å²) in [4.78, 5) is 13.4. The van der Waals surface area contributed by atoms with Gasteiger partial charge < -0.3 is 15.0 Å².